The van der Waals surface area contributed by atoms with Crippen molar-refractivity contribution >= 4 is 17.3 Å². The van der Waals surface area contributed by atoms with Crippen molar-refractivity contribution in [3.05, 3.63) is 17.7 Å². The first-order valence-corrected chi connectivity index (χ1v) is 7.05. The molecular weight excluding hydrogens is 240 g/mol. The highest BCUT2D eigenvalue weighted by Gasteiger charge is 2.17. The number of carbonyl (C=O) groups excluding carboxylic acids is 1. The van der Waals surface area contributed by atoms with Gasteiger partial charge in [-0.05, 0) is 24.5 Å². The molecule has 1 aromatic rings. The molecule has 0 bridgehead atoms. The fourth-order valence-electron chi connectivity index (χ4n) is 2.26. The van der Waals surface area contributed by atoms with Crippen LogP contribution in [0.2, 0.25) is 0 Å². The predicted molar refractivity (Wildman–Crippen MR) is 77.4 cm³/mol. The van der Waals surface area contributed by atoms with Crippen LogP contribution in [0.4, 0.5) is 11.4 Å². The Morgan fingerprint density at radius 2 is 2.11 bits per heavy atom. The third-order valence-electron chi connectivity index (χ3n) is 3.39. The predicted octanol–water partition coefficient (Wildman–Crippen LogP) is 3.11. The average Bonchev–Trinajstić information content (AvgIpc) is 2.39. The van der Waals surface area contributed by atoms with Gasteiger partial charge in [0.25, 0.3) is 0 Å². The number of nitrogens with two attached hydrogens (primary N) is 1. The second-order valence-corrected chi connectivity index (χ2v) is 5.00. The van der Waals surface area contributed by atoms with E-state index in [1.807, 2.05) is 12.1 Å². The Bertz CT molecular complexity index is 458. The summed E-state index contributed by atoms with van der Waals surface area (Å²) in [7, 11) is 0. The molecule has 0 aromatic heterocycles. The van der Waals surface area contributed by atoms with Gasteiger partial charge in [-0.25, -0.2) is 0 Å². The molecule has 0 saturated carbocycles. The number of hydrogen-bond acceptors (Lipinski definition) is 3. The third kappa shape index (κ3) is 3.63. The topological polar surface area (TPSA) is 64.3 Å². The fourth-order valence-corrected chi connectivity index (χ4v) is 2.26. The summed E-state index contributed by atoms with van der Waals surface area (Å²) in [4.78, 5) is 11.4. The number of nitrogen functional groups attached to an aromatic ring is 1. The van der Waals surface area contributed by atoms with Gasteiger partial charge in [-0.15, -0.1) is 0 Å². The van der Waals surface area contributed by atoms with Crippen molar-refractivity contribution in [3.8, 4) is 5.75 Å². The lowest BCUT2D eigenvalue weighted by molar-refractivity contribution is -0.116. The molecule has 104 valence electrons. The van der Waals surface area contributed by atoms with Crippen LogP contribution < -0.4 is 15.8 Å². The van der Waals surface area contributed by atoms with Crippen molar-refractivity contribution in [2.75, 3.05) is 17.7 Å². The SMILES string of the molecule is CCCCCCOc1cc2c(cc1N)CCC(=O)N2. The van der Waals surface area contributed by atoms with E-state index in [1.54, 1.807) is 0 Å². The second kappa shape index (κ2) is 6.45. The van der Waals surface area contributed by atoms with Crippen molar-refractivity contribution in [1.82, 2.24) is 0 Å². The summed E-state index contributed by atoms with van der Waals surface area (Å²) < 4.78 is 5.71. The summed E-state index contributed by atoms with van der Waals surface area (Å²) in [5.41, 5.74) is 8.57. The number of fused-ring (bicyclic) bond motifs is 1. The Kier molecular flexibility index (Phi) is 4.66. The van der Waals surface area contributed by atoms with Crippen LogP contribution in [-0.4, -0.2) is 12.5 Å². The molecule has 0 unspecified atom stereocenters. The monoisotopic (exact) mass is 262 g/mol. The number of hydrogen-bond donors (Lipinski definition) is 2. The number of amides is 1. The minimum atomic E-state index is 0.0613. The van der Waals surface area contributed by atoms with Gasteiger partial charge in [-0.1, -0.05) is 26.2 Å². The molecule has 0 radical (unpaired) electrons. The van der Waals surface area contributed by atoms with Crippen molar-refractivity contribution < 1.29 is 9.53 Å². The Balaban J connectivity index is 1.97. The van der Waals surface area contributed by atoms with Crippen molar-refractivity contribution in [3.63, 3.8) is 0 Å². The molecule has 3 N–H and O–H groups in total. The quantitative estimate of drug-likeness (QED) is 0.611. The van der Waals surface area contributed by atoms with Crippen LogP contribution in [0, 0.1) is 0 Å². The van der Waals surface area contributed by atoms with Crippen LogP contribution in [-0.2, 0) is 11.2 Å². The minimum Gasteiger partial charge on any atom is -0.491 e. The molecule has 0 aliphatic carbocycles. The highest BCUT2D eigenvalue weighted by molar-refractivity contribution is 5.94. The molecule has 1 aliphatic heterocycles. The first kappa shape index (κ1) is 13.7. The number of rotatable bonds is 6. The summed E-state index contributed by atoms with van der Waals surface area (Å²) in [6.45, 7) is 2.86. The zero-order valence-electron chi connectivity index (χ0n) is 11.5. The van der Waals surface area contributed by atoms with E-state index in [-0.39, 0.29) is 5.91 Å². The highest BCUT2D eigenvalue weighted by atomic mass is 16.5. The zero-order valence-corrected chi connectivity index (χ0v) is 11.5. The maximum Gasteiger partial charge on any atom is 0.224 e. The van der Waals surface area contributed by atoms with Gasteiger partial charge in [0.15, 0.2) is 0 Å². The van der Waals surface area contributed by atoms with E-state index in [0.29, 0.717) is 24.5 Å². The van der Waals surface area contributed by atoms with Gasteiger partial charge >= 0.3 is 0 Å². The average molecular weight is 262 g/mol. The van der Waals surface area contributed by atoms with Crippen molar-refractivity contribution in [2.24, 2.45) is 0 Å². The normalized spacial score (nSPS) is 13.8. The number of nitrogens with one attached hydrogen (secondary N) is 1. The van der Waals surface area contributed by atoms with Crippen LogP contribution in [0.25, 0.3) is 0 Å². The molecule has 2 rings (SSSR count). The third-order valence-corrected chi connectivity index (χ3v) is 3.39. The number of anilines is 2. The van der Waals surface area contributed by atoms with Gasteiger partial charge in [0.05, 0.1) is 12.3 Å². The molecule has 19 heavy (non-hydrogen) atoms. The fraction of sp³-hybridized carbons (Fsp3) is 0.533. The molecule has 1 aliphatic rings. The molecule has 4 nitrogen and oxygen atoms in total. The van der Waals surface area contributed by atoms with Gasteiger partial charge in [-0.2, -0.15) is 0 Å². The minimum absolute atomic E-state index is 0.0613. The maximum atomic E-state index is 11.4. The number of carbonyl (C=O) groups is 1. The molecular formula is C15H22N2O2. The number of aryl methyl sites for hydroxylation is 1. The Labute approximate surface area is 114 Å². The maximum absolute atomic E-state index is 11.4. The van der Waals surface area contributed by atoms with E-state index in [1.165, 1.54) is 19.3 Å². The van der Waals surface area contributed by atoms with Gasteiger partial charge in [0.2, 0.25) is 5.91 Å². The molecule has 1 aromatic carbocycles. The number of unbranched alkanes of at least 4 members (excludes halogenated alkanes) is 3. The molecule has 0 atom stereocenters. The summed E-state index contributed by atoms with van der Waals surface area (Å²) in [5.74, 6) is 0.739. The van der Waals surface area contributed by atoms with E-state index in [4.69, 9.17) is 10.5 Å². The van der Waals surface area contributed by atoms with Crippen molar-refractivity contribution in [2.45, 2.75) is 45.4 Å². The van der Waals surface area contributed by atoms with E-state index in [2.05, 4.69) is 12.2 Å². The molecule has 4 heteroatoms. The molecule has 0 saturated heterocycles. The first-order valence-electron chi connectivity index (χ1n) is 7.05. The number of ether oxygens (including phenoxy) is 1. The highest BCUT2D eigenvalue weighted by Crippen LogP contribution is 2.32. The van der Waals surface area contributed by atoms with Crippen LogP contribution in [0.5, 0.6) is 5.75 Å². The van der Waals surface area contributed by atoms with Gasteiger partial charge in [0.1, 0.15) is 5.75 Å². The largest absolute Gasteiger partial charge is 0.491 e. The molecule has 0 fully saturated rings. The Morgan fingerprint density at radius 3 is 2.89 bits per heavy atom. The standard InChI is InChI=1S/C15H22N2O2/c1-2-3-4-5-8-19-14-10-13-11(9-12(14)16)6-7-15(18)17-13/h9-10H,2-8,16H2,1H3,(H,17,18). The van der Waals surface area contributed by atoms with E-state index >= 15 is 0 Å². The van der Waals surface area contributed by atoms with E-state index < -0.39 is 0 Å². The van der Waals surface area contributed by atoms with Crippen LogP contribution >= 0.6 is 0 Å². The smallest absolute Gasteiger partial charge is 0.224 e. The summed E-state index contributed by atoms with van der Waals surface area (Å²) in [6, 6.07) is 3.76. The number of benzene rings is 1. The zero-order chi connectivity index (χ0) is 13.7. The molecule has 0 spiro atoms. The summed E-state index contributed by atoms with van der Waals surface area (Å²) in [5, 5.41) is 2.86. The lowest BCUT2D eigenvalue weighted by Crippen LogP contribution is -2.19. The van der Waals surface area contributed by atoms with Crippen LogP contribution in [0.15, 0.2) is 12.1 Å². The van der Waals surface area contributed by atoms with Crippen LogP contribution in [0.3, 0.4) is 0 Å². The lowest BCUT2D eigenvalue weighted by atomic mass is 10.0. The summed E-state index contributed by atoms with van der Waals surface area (Å²) in [6.07, 6.45) is 5.95. The molecule has 1 amide bonds. The summed E-state index contributed by atoms with van der Waals surface area (Å²) >= 11 is 0. The second-order valence-electron chi connectivity index (χ2n) is 5.00. The van der Waals surface area contributed by atoms with E-state index in [0.717, 1.165) is 24.1 Å². The van der Waals surface area contributed by atoms with Gasteiger partial charge in [-0.3, -0.25) is 4.79 Å². The van der Waals surface area contributed by atoms with Gasteiger partial charge < -0.3 is 15.8 Å². The lowest BCUT2D eigenvalue weighted by Gasteiger charge is -2.19. The van der Waals surface area contributed by atoms with Gasteiger partial charge in [0, 0.05) is 18.2 Å². The Hall–Kier alpha value is -1.71. The first-order chi connectivity index (χ1) is 9.20. The van der Waals surface area contributed by atoms with Crippen LogP contribution in [0.1, 0.15) is 44.6 Å². The molecule has 1 heterocycles. The van der Waals surface area contributed by atoms with Crippen molar-refractivity contribution in [1.29, 1.82) is 0 Å². The van der Waals surface area contributed by atoms with E-state index in [9.17, 15) is 4.79 Å². The Morgan fingerprint density at radius 1 is 1.26 bits per heavy atom.